The number of carbonyl (C=O) groups excluding carboxylic acids is 1. The van der Waals surface area contributed by atoms with Crippen LogP contribution in [-0.4, -0.2) is 48.7 Å². The summed E-state index contributed by atoms with van der Waals surface area (Å²) in [5.74, 6) is -0.282. The molecule has 0 fully saturated rings. The second-order valence-corrected chi connectivity index (χ2v) is 8.57. The Bertz CT molecular complexity index is 972. The highest BCUT2D eigenvalue weighted by Gasteiger charge is 2.43. The largest absolute Gasteiger partial charge is 0.374 e. The molecule has 0 aromatic carbocycles. The normalized spacial score (nSPS) is 27.2. The maximum Gasteiger partial charge on any atom is 0.286 e. The van der Waals surface area contributed by atoms with E-state index < -0.39 is 0 Å². The van der Waals surface area contributed by atoms with Crippen LogP contribution >= 0.6 is 0 Å². The van der Waals surface area contributed by atoms with E-state index in [4.69, 9.17) is 10.5 Å². The van der Waals surface area contributed by atoms with E-state index >= 15 is 0 Å². The van der Waals surface area contributed by atoms with Crippen LogP contribution in [0.15, 0.2) is 51.5 Å². The molecule has 0 saturated carbocycles. The number of nitrogens with one attached hydrogen (secondary N) is 1. The molecule has 7 heteroatoms. The van der Waals surface area contributed by atoms with Gasteiger partial charge in [-0.2, -0.15) is 5.26 Å². The molecule has 3 aliphatic heterocycles. The Kier molecular flexibility index (Phi) is 5.07. The Labute approximate surface area is 170 Å². The Hall–Kier alpha value is -2.82. The minimum absolute atomic E-state index is 0.0148. The maximum absolute atomic E-state index is 13.2. The average molecular weight is 392 g/mol. The van der Waals surface area contributed by atoms with Gasteiger partial charge in [0.05, 0.1) is 42.7 Å². The number of fused-ring (bicyclic) bond motifs is 1. The van der Waals surface area contributed by atoms with E-state index in [-0.39, 0.29) is 29.8 Å². The first-order chi connectivity index (χ1) is 13.9. The van der Waals surface area contributed by atoms with Gasteiger partial charge in [0.25, 0.3) is 6.34 Å². The SMILES string of the molecule is CC1(C)CC(=O)C2=C(C1)NC(COCCN)=C(C#N)C2C1=CC2C=NC=[N+]2C=C1. The summed E-state index contributed by atoms with van der Waals surface area (Å²) in [5, 5.41) is 13.4. The minimum atomic E-state index is -0.385. The van der Waals surface area contributed by atoms with E-state index in [2.05, 4.69) is 36.3 Å². The molecule has 4 aliphatic rings. The lowest BCUT2D eigenvalue weighted by molar-refractivity contribution is -0.460. The highest BCUT2D eigenvalue weighted by atomic mass is 16.5. The monoisotopic (exact) mass is 392 g/mol. The van der Waals surface area contributed by atoms with E-state index in [1.807, 2.05) is 23.1 Å². The minimum Gasteiger partial charge on any atom is -0.374 e. The second-order valence-electron chi connectivity index (χ2n) is 8.57. The number of nitriles is 1. The molecular formula is C22H26N5O2+. The number of ether oxygens (including phenoxy) is 1. The number of ketones is 1. The van der Waals surface area contributed by atoms with Crippen LogP contribution < -0.4 is 11.1 Å². The van der Waals surface area contributed by atoms with Gasteiger partial charge in [-0.1, -0.05) is 18.8 Å². The molecular weight excluding hydrogens is 366 g/mol. The zero-order chi connectivity index (χ0) is 20.6. The Morgan fingerprint density at radius 2 is 2.28 bits per heavy atom. The fraction of sp³-hybridized carbons (Fsp3) is 0.455. The summed E-state index contributed by atoms with van der Waals surface area (Å²) in [6.07, 6.45) is 10.9. The Balaban J connectivity index is 1.79. The van der Waals surface area contributed by atoms with Crippen molar-refractivity contribution >= 4 is 18.3 Å². The van der Waals surface area contributed by atoms with Crippen LogP contribution in [0.25, 0.3) is 0 Å². The molecule has 0 amide bonds. The fourth-order valence-electron chi connectivity index (χ4n) is 4.43. The first-order valence-electron chi connectivity index (χ1n) is 9.92. The van der Waals surface area contributed by atoms with Gasteiger partial charge in [0.2, 0.25) is 0 Å². The predicted octanol–water partition coefficient (Wildman–Crippen LogP) is 1.55. The van der Waals surface area contributed by atoms with Crippen LogP contribution in [-0.2, 0) is 9.53 Å². The van der Waals surface area contributed by atoms with Crippen LogP contribution in [0.5, 0.6) is 0 Å². The summed E-state index contributed by atoms with van der Waals surface area (Å²) in [4.78, 5) is 17.4. The average Bonchev–Trinajstić information content (AvgIpc) is 3.14. The standard InChI is InChI=1S/C22H25N5O2/c1-22(2)8-17-21(19(28)9-22)20(14-3-5-27-13-25-11-15(27)7-14)16(10-24)18(26-17)12-29-6-4-23/h3,5,7,11,13,15,20H,4,6,8-9,12,23H2,1-2H3/p+1. The van der Waals surface area contributed by atoms with Crippen molar-refractivity contribution in [2.75, 3.05) is 19.8 Å². The number of Topliss-reactive ketones (excluding diaryl/α,β-unsaturated/α-hetero) is 1. The van der Waals surface area contributed by atoms with Gasteiger partial charge in [-0.15, -0.1) is 0 Å². The molecule has 2 unspecified atom stereocenters. The van der Waals surface area contributed by atoms with Gasteiger partial charge in [-0.25, -0.2) is 4.58 Å². The van der Waals surface area contributed by atoms with Crippen LogP contribution in [0.3, 0.4) is 0 Å². The van der Waals surface area contributed by atoms with Crippen molar-refractivity contribution in [3.8, 4) is 6.07 Å². The maximum atomic E-state index is 13.2. The Morgan fingerprint density at radius 1 is 1.45 bits per heavy atom. The number of dihydropyridines is 1. The van der Waals surface area contributed by atoms with Crippen molar-refractivity contribution in [1.82, 2.24) is 5.32 Å². The van der Waals surface area contributed by atoms with Crippen LogP contribution in [0.1, 0.15) is 26.7 Å². The molecule has 3 heterocycles. The highest BCUT2D eigenvalue weighted by Crippen LogP contribution is 2.45. The zero-order valence-electron chi connectivity index (χ0n) is 16.8. The van der Waals surface area contributed by atoms with Gasteiger partial charge in [-0.05, 0) is 29.6 Å². The molecule has 0 radical (unpaired) electrons. The molecule has 29 heavy (non-hydrogen) atoms. The van der Waals surface area contributed by atoms with Crippen LogP contribution in [0.4, 0.5) is 0 Å². The molecule has 150 valence electrons. The lowest BCUT2D eigenvalue weighted by Gasteiger charge is -2.39. The zero-order valence-corrected chi connectivity index (χ0v) is 16.8. The smallest absolute Gasteiger partial charge is 0.286 e. The number of hydrogen-bond donors (Lipinski definition) is 2. The van der Waals surface area contributed by atoms with Gasteiger partial charge >= 0.3 is 0 Å². The molecule has 4 rings (SSSR count). The van der Waals surface area contributed by atoms with Crippen molar-refractivity contribution < 1.29 is 14.1 Å². The topological polar surface area (TPSA) is 104 Å². The van der Waals surface area contributed by atoms with Crippen molar-refractivity contribution in [3.63, 3.8) is 0 Å². The van der Waals surface area contributed by atoms with Crippen LogP contribution in [0, 0.1) is 22.7 Å². The summed E-state index contributed by atoms with van der Waals surface area (Å²) in [6, 6.07) is 2.37. The molecule has 0 aromatic heterocycles. The molecule has 2 atom stereocenters. The molecule has 0 saturated heterocycles. The Morgan fingerprint density at radius 3 is 3.03 bits per heavy atom. The summed E-state index contributed by atoms with van der Waals surface area (Å²) < 4.78 is 7.63. The van der Waals surface area contributed by atoms with Crippen molar-refractivity contribution in [2.24, 2.45) is 22.1 Å². The van der Waals surface area contributed by atoms with E-state index in [1.54, 1.807) is 6.34 Å². The third kappa shape index (κ3) is 3.61. The van der Waals surface area contributed by atoms with Gasteiger partial charge in [0, 0.05) is 24.2 Å². The first kappa shape index (κ1) is 19.5. The number of hydrogen-bond acceptors (Lipinski definition) is 6. The summed E-state index contributed by atoms with van der Waals surface area (Å²) in [5.41, 5.74) is 9.25. The van der Waals surface area contributed by atoms with Gasteiger partial charge in [0.1, 0.15) is 0 Å². The van der Waals surface area contributed by atoms with E-state index in [0.717, 1.165) is 23.4 Å². The molecule has 1 aliphatic carbocycles. The summed E-state index contributed by atoms with van der Waals surface area (Å²) >= 11 is 0. The number of nitrogens with zero attached hydrogens (tertiary/aromatic N) is 3. The first-order valence-corrected chi connectivity index (χ1v) is 9.92. The molecule has 0 spiro atoms. The highest BCUT2D eigenvalue weighted by molar-refractivity contribution is 6.00. The third-order valence-electron chi connectivity index (χ3n) is 5.67. The number of carbonyl (C=O) groups is 1. The lowest BCUT2D eigenvalue weighted by Crippen LogP contribution is -2.40. The number of allylic oxidation sites excluding steroid dienone is 5. The quantitative estimate of drug-likeness (QED) is 0.546. The summed E-state index contributed by atoms with van der Waals surface area (Å²) in [6.45, 7) is 5.30. The molecule has 7 nitrogen and oxygen atoms in total. The number of aliphatic imine (C=N–C) groups is 1. The van der Waals surface area contributed by atoms with Crippen molar-refractivity contribution in [2.45, 2.75) is 32.7 Å². The lowest BCUT2D eigenvalue weighted by atomic mass is 9.68. The van der Waals surface area contributed by atoms with Crippen molar-refractivity contribution in [1.29, 1.82) is 5.26 Å². The van der Waals surface area contributed by atoms with Gasteiger partial charge in [0.15, 0.2) is 18.0 Å². The van der Waals surface area contributed by atoms with E-state index in [0.29, 0.717) is 30.7 Å². The van der Waals surface area contributed by atoms with Gasteiger partial charge in [-0.3, -0.25) is 4.79 Å². The van der Waals surface area contributed by atoms with Crippen molar-refractivity contribution in [3.05, 3.63) is 46.5 Å². The summed E-state index contributed by atoms with van der Waals surface area (Å²) in [7, 11) is 0. The van der Waals surface area contributed by atoms with E-state index in [1.165, 1.54) is 0 Å². The molecule has 0 bridgehead atoms. The second kappa shape index (κ2) is 7.54. The van der Waals surface area contributed by atoms with Crippen LogP contribution in [0.2, 0.25) is 0 Å². The number of nitrogens with two attached hydrogens (primary N) is 1. The van der Waals surface area contributed by atoms with E-state index in [9.17, 15) is 10.1 Å². The third-order valence-corrected chi connectivity index (χ3v) is 5.67. The number of rotatable bonds is 5. The predicted molar refractivity (Wildman–Crippen MR) is 110 cm³/mol. The molecule has 0 aromatic rings. The van der Waals surface area contributed by atoms with Gasteiger partial charge < -0.3 is 15.8 Å². The fourth-order valence-corrected chi connectivity index (χ4v) is 4.43. The molecule has 3 N–H and O–H groups in total.